The summed E-state index contributed by atoms with van der Waals surface area (Å²) < 4.78 is 19.4. The lowest BCUT2D eigenvalue weighted by Crippen LogP contribution is -2.48. The van der Waals surface area contributed by atoms with Crippen molar-refractivity contribution in [3.05, 3.63) is 54.3 Å². The molecule has 138 valence electrons. The number of amides is 1. The van der Waals surface area contributed by atoms with Crippen LogP contribution >= 0.6 is 0 Å². The number of para-hydroxylation sites is 3. The summed E-state index contributed by atoms with van der Waals surface area (Å²) in [4.78, 5) is 16.5. The van der Waals surface area contributed by atoms with Crippen molar-refractivity contribution in [1.29, 1.82) is 0 Å². The van der Waals surface area contributed by atoms with Crippen molar-refractivity contribution in [3.8, 4) is 5.75 Å². The Morgan fingerprint density at radius 3 is 2.50 bits per heavy atom. The number of nitrogens with one attached hydrogen (secondary N) is 1. The fraction of sp³-hybridized carbons (Fsp3) is 0.350. The second kappa shape index (κ2) is 8.67. The molecule has 1 amide bonds. The van der Waals surface area contributed by atoms with Gasteiger partial charge in [0.2, 0.25) is 5.91 Å². The molecule has 0 atom stereocenters. The highest BCUT2D eigenvalue weighted by molar-refractivity contribution is 5.93. The number of carbonyl (C=O) groups is 1. The molecule has 1 fully saturated rings. The van der Waals surface area contributed by atoms with Crippen LogP contribution in [0.3, 0.4) is 0 Å². The summed E-state index contributed by atoms with van der Waals surface area (Å²) in [6, 6.07) is 14.2. The zero-order valence-electron chi connectivity index (χ0n) is 15.0. The molecule has 0 spiro atoms. The van der Waals surface area contributed by atoms with Gasteiger partial charge in [0.1, 0.15) is 11.6 Å². The maximum absolute atomic E-state index is 13.9. The van der Waals surface area contributed by atoms with Crippen molar-refractivity contribution in [1.82, 2.24) is 4.90 Å². The van der Waals surface area contributed by atoms with Crippen molar-refractivity contribution >= 4 is 17.3 Å². The van der Waals surface area contributed by atoms with Crippen LogP contribution in [0.2, 0.25) is 0 Å². The van der Waals surface area contributed by atoms with Gasteiger partial charge in [0, 0.05) is 26.2 Å². The molecule has 26 heavy (non-hydrogen) atoms. The second-order valence-corrected chi connectivity index (χ2v) is 6.19. The summed E-state index contributed by atoms with van der Waals surface area (Å²) in [5, 5.41) is 2.92. The van der Waals surface area contributed by atoms with E-state index in [0.29, 0.717) is 43.4 Å². The summed E-state index contributed by atoms with van der Waals surface area (Å²) >= 11 is 0. The van der Waals surface area contributed by atoms with Gasteiger partial charge in [-0.3, -0.25) is 9.69 Å². The summed E-state index contributed by atoms with van der Waals surface area (Å²) in [5.41, 5.74) is 1.31. The van der Waals surface area contributed by atoms with Gasteiger partial charge in [-0.25, -0.2) is 4.39 Å². The topological polar surface area (TPSA) is 44.8 Å². The van der Waals surface area contributed by atoms with E-state index in [-0.39, 0.29) is 11.7 Å². The van der Waals surface area contributed by atoms with Gasteiger partial charge in [-0.1, -0.05) is 24.3 Å². The Kier molecular flexibility index (Phi) is 6.07. The highest BCUT2D eigenvalue weighted by Crippen LogP contribution is 2.24. The first kappa shape index (κ1) is 18.2. The Hall–Kier alpha value is -2.60. The van der Waals surface area contributed by atoms with E-state index in [2.05, 4.69) is 10.2 Å². The first-order valence-corrected chi connectivity index (χ1v) is 8.91. The number of halogens is 1. The van der Waals surface area contributed by atoms with Gasteiger partial charge in [0.25, 0.3) is 0 Å². The lowest BCUT2D eigenvalue weighted by atomic mass is 10.2. The van der Waals surface area contributed by atoms with Gasteiger partial charge in [-0.15, -0.1) is 0 Å². The fourth-order valence-corrected chi connectivity index (χ4v) is 3.10. The van der Waals surface area contributed by atoms with Crippen molar-refractivity contribution in [2.45, 2.75) is 6.92 Å². The van der Waals surface area contributed by atoms with Crippen LogP contribution in [-0.2, 0) is 4.79 Å². The molecule has 1 saturated heterocycles. The molecule has 0 saturated carbocycles. The molecule has 2 aromatic rings. The number of rotatable bonds is 6. The maximum atomic E-state index is 13.9. The Morgan fingerprint density at radius 2 is 1.77 bits per heavy atom. The Labute approximate surface area is 153 Å². The molecule has 0 unspecified atom stereocenters. The molecule has 1 N–H and O–H groups in total. The van der Waals surface area contributed by atoms with E-state index >= 15 is 0 Å². The Bertz CT molecular complexity index is 745. The van der Waals surface area contributed by atoms with E-state index in [9.17, 15) is 9.18 Å². The van der Waals surface area contributed by atoms with Crippen molar-refractivity contribution in [2.24, 2.45) is 0 Å². The number of nitrogens with zero attached hydrogens (tertiary/aromatic N) is 2. The van der Waals surface area contributed by atoms with E-state index in [0.717, 1.165) is 13.1 Å². The highest BCUT2D eigenvalue weighted by atomic mass is 19.1. The molecule has 6 heteroatoms. The molecule has 2 aromatic carbocycles. The summed E-state index contributed by atoms with van der Waals surface area (Å²) in [6.45, 7) is 5.60. The van der Waals surface area contributed by atoms with Crippen LogP contribution in [0.25, 0.3) is 0 Å². The first-order valence-electron chi connectivity index (χ1n) is 8.91. The molecule has 0 bridgehead atoms. The molecule has 1 aliphatic heterocycles. The maximum Gasteiger partial charge on any atom is 0.238 e. The van der Waals surface area contributed by atoms with E-state index in [1.807, 2.05) is 42.2 Å². The van der Waals surface area contributed by atoms with Crippen molar-refractivity contribution in [2.75, 3.05) is 49.5 Å². The minimum Gasteiger partial charge on any atom is -0.492 e. The first-order chi connectivity index (χ1) is 12.7. The number of benzene rings is 2. The van der Waals surface area contributed by atoms with Gasteiger partial charge in [0.15, 0.2) is 0 Å². The molecule has 1 aliphatic rings. The number of anilines is 2. The van der Waals surface area contributed by atoms with E-state index < -0.39 is 0 Å². The predicted octanol–water partition coefficient (Wildman–Crippen LogP) is 2.99. The van der Waals surface area contributed by atoms with Crippen molar-refractivity contribution < 1.29 is 13.9 Å². The number of piperazine rings is 1. The normalized spacial score (nSPS) is 14.9. The number of hydrogen-bond donors (Lipinski definition) is 1. The quantitative estimate of drug-likeness (QED) is 0.863. The monoisotopic (exact) mass is 357 g/mol. The van der Waals surface area contributed by atoms with Gasteiger partial charge in [0.05, 0.1) is 24.5 Å². The number of hydrogen-bond acceptors (Lipinski definition) is 4. The average molecular weight is 357 g/mol. The predicted molar refractivity (Wildman–Crippen MR) is 101 cm³/mol. The van der Waals surface area contributed by atoms with E-state index in [1.54, 1.807) is 12.1 Å². The van der Waals surface area contributed by atoms with Crippen LogP contribution in [0.15, 0.2) is 48.5 Å². The number of ether oxygens (including phenoxy) is 1. The minimum absolute atomic E-state index is 0.0727. The van der Waals surface area contributed by atoms with Crippen LogP contribution in [0, 0.1) is 5.82 Å². The third kappa shape index (κ3) is 4.52. The summed E-state index contributed by atoms with van der Waals surface area (Å²) in [7, 11) is 0. The fourth-order valence-electron chi connectivity index (χ4n) is 3.10. The van der Waals surface area contributed by atoms with Gasteiger partial charge >= 0.3 is 0 Å². The van der Waals surface area contributed by atoms with Gasteiger partial charge in [-0.2, -0.15) is 0 Å². The molecule has 0 radical (unpaired) electrons. The van der Waals surface area contributed by atoms with Crippen LogP contribution in [0.5, 0.6) is 5.75 Å². The average Bonchev–Trinajstić information content (AvgIpc) is 2.65. The van der Waals surface area contributed by atoms with Crippen LogP contribution < -0.4 is 15.0 Å². The molecule has 1 heterocycles. The largest absolute Gasteiger partial charge is 0.492 e. The second-order valence-electron chi connectivity index (χ2n) is 6.19. The Morgan fingerprint density at radius 1 is 1.08 bits per heavy atom. The smallest absolute Gasteiger partial charge is 0.238 e. The zero-order chi connectivity index (χ0) is 18.4. The lowest BCUT2D eigenvalue weighted by Gasteiger charge is -2.35. The molecule has 0 aromatic heterocycles. The zero-order valence-corrected chi connectivity index (χ0v) is 15.0. The highest BCUT2D eigenvalue weighted by Gasteiger charge is 2.21. The van der Waals surface area contributed by atoms with E-state index in [4.69, 9.17) is 4.74 Å². The van der Waals surface area contributed by atoms with Crippen LogP contribution in [-0.4, -0.2) is 50.1 Å². The SMILES string of the molecule is CCOc1ccccc1NC(=O)CN1CCN(c2ccccc2F)CC1. The standard InChI is InChI=1S/C20H24FN3O2/c1-2-26-19-10-6-4-8-17(19)22-20(25)15-23-11-13-24(14-12-23)18-9-5-3-7-16(18)21/h3-10H,2,11-15H2,1H3,(H,22,25). The lowest BCUT2D eigenvalue weighted by molar-refractivity contribution is -0.117. The third-order valence-electron chi connectivity index (χ3n) is 4.39. The number of carbonyl (C=O) groups excluding carboxylic acids is 1. The van der Waals surface area contributed by atoms with Gasteiger partial charge in [-0.05, 0) is 31.2 Å². The Balaban J connectivity index is 1.52. The van der Waals surface area contributed by atoms with Gasteiger partial charge < -0.3 is 15.0 Å². The van der Waals surface area contributed by atoms with Crippen LogP contribution in [0.4, 0.5) is 15.8 Å². The molecular weight excluding hydrogens is 333 g/mol. The molecule has 0 aliphatic carbocycles. The minimum atomic E-state index is -0.203. The van der Waals surface area contributed by atoms with E-state index in [1.165, 1.54) is 6.07 Å². The van der Waals surface area contributed by atoms with Crippen molar-refractivity contribution in [3.63, 3.8) is 0 Å². The summed E-state index contributed by atoms with van der Waals surface area (Å²) in [5.74, 6) is 0.399. The summed E-state index contributed by atoms with van der Waals surface area (Å²) in [6.07, 6.45) is 0. The third-order valence-corrected chi connectivity index (χ3v) is 4.39. The van der Waals surface area contributed by atoms with Crippen LogP contribution in [0.1, 0.15) is 6.92 Å². The molecule has 3 rings (SSSR count). The molecule has 5 nitrogen and oxygen atoms in total. The molecular formula is C20H24FN3O2.